The summed E-state index contributed by atoms with van der Waals surface area (Å²) in [6, 6.07) is 14.7. The Morgan fingerprint density at radius 2 is 1.95 bits per heavy atom. The summed E-state index contributed by atoms with van der Waals surface area (Å²) < 4.78 is 5.30. The molecule has 0 amide bonds. The van der Waals surface area contributed by atoms with E-state index < -0.39 is 0 Å². The molecule has 1 atom stereocenters. The molecule has 4 heteroatoms. The molecule has 0 fully saturated rings. The third-order valence-electron chi connectivity index (χ3n) is 2.85. The Morgan fingerprint density at radius 3 is 2.65 bits per heavy atom. The molecule has 2 nitrogen and oxygen atoms in total. The van der Waals surface area contributed by atoms with Crippen LogP contribution in [0.5, 0.6) is 5.75 Å². The minimum atomic E-state index is -0.204. The fourth-order valence-corrected chi connectivity index (χ4v) is 3.08. The summed E-state index contributed by atoms with van der Waals surface area (Å²) in [5.74, 6) is 0.839. The zero-order valence-corrected chi connectivity index (χ0v) is 12.9. The molecule has 0 aliphatic carbocycles. The highest BCUT2D eigenvalue weighted by atomic mass is 35.5. The summed E-state index contributed by atoms with van der Waals surface area (Å²) in [5.41, 5.74) is 0.632. The number of ether oxygens (including phenoxy) is 1. The van der Waals surface area contributed by atoms with Gasteiger partial charge in [0.25, 0.3) is 0 Å². The predicted molar refractivity (Wildman–Crippen MR) is 84.1 cm³/mol. The van der Waals surface area contributed by atoms with Crippen molar-refractivity contribution >= 4 is 29.1 Å². The van der Waals surface area contributed by atoms with Crippen LogP contribution in [0.15, 0.2) is 53.4 Å². The highest BCUT2D eigenvalue weighted by molar-refractivity contribution is 8.00. The van der Waals surface area contributed by atoms with Crippen LogP contribution in [0.3, 0.4) is 0 Å². The Balaban J connectivity index is 2.15. The van der Waals surface area contributed by atoms with Crippen LogP contribution in [0, 0.1) is 0 Å². The summed E-state index contributed by atoms with van der Waals surface area (Å²) in [6.45, 7) is 1.89. The van der Waals surface area contributed by atoms with Crippen LogP contribution < -0.4 is 4.74 Å². The normalized spacial score (nSPS) is 11.9. The van der Waals surface area contributed by atoms with Gasteiger partial charge in [-0.05, 0) is 31.2 Å². The summed E-state index contributed by atoms with van der Waals surface area (Å²) in [6.07, 6.45) is 0. The Bertz CT molecular complexity index is 613. The van der Waals surface area contributed by atoms with E-state index in [0.717, 1.165) is 10.6 Å². The van der Waals surface area contributed by atoms with E-state index in [9.17, 15) is 4.79 Å². The van der Waals surface area contributed by atoms with Crippen molar-refractivity contribution in [2.24, 2.45) is 0 Å². The number of para-hydroxylation sites is 1. The third kappa shape index (κ3) is 3.56. The minimum Gasteiger partial charge on any atom is -0.496 e. The number of carbonyl (C=O) groups is 1. The van der Waals surface area contributed by atoms with Gasteiger partial charge in [-0.1, -0.05) is 35.9 Å². The lowest BCUT2D eigenvalue weighted by molar-refractivity contribution is 0.0994. The second-order valence-electron chi connectivity index (χ2n) is 4.29. The number of benzene rings is 2. The average molecular weight is 307 g/mol. The summed E-state index contributed by atoms with van der Waals surface area (Å²) in [5, 5.41) is 0.370. The number of thioether (sulfide) groups is 1. The first-order chi connectivity index (χ1) is 9.61. The van der Waals surface area contributed by atoms with Crippen LogP contribution in [-0.4, -0.2) is 18.1 Å². The van der Waals surface area contributed by atoms with Crippen molar-refractivity contribution in [3.8, 4) is 5.75 Å². The Labute approximate surface area is 128 Å². The molecule has 0 aromatic heterocycles. The number of hydrogen-bond donors (Lipinski definition) is 0. The van der Waals surface area contributed by atoms with E-state index in [4.69, 9.17) is 16.3 Å². The highest BCUT2D eigenvalue weighted by Gasteiger charge is 2.18. The van der Waals surface area contributed by atoms with Gasteiger partial charge in [0, 0.05) is 10.6 Å². The molecule has 0 saturated heterocycles. The lowest BCUT2D eigenvalue weighted by Gasteiger charge is -2.13. The van der Waals surface area contributed by atoms with Gasteiger partial charge in [0.1, 0.15) is 5.75 Å². The monoisotopic (exact) mass is 306 g/mol. The number of ketones is 1. The Morgan fingerprint density at radius 1 is 1.20 bits per heavy atom. The molecule has 0 N–H and O–H groups in total. The molecule has 0 bridgehead atoms. The lowest BCUT2D eigenvalue weighted by Crippen LogP contribution is -2.13. The number of Topliss-reactive ketones (excluding diaryl/α,β-unsaturated/α-hetero) is 1. The average Bonchev–Trinajstić information content (AvgIpc) is 2.47. The molecule has 0 saturated carbocycles. The smallest absolute Gasteiger partial charge is 0.175 e. The van der Waals surface area contributed by atoms with Gasteiger partial charge in [-0.25, -0.2) is 0 Å². The molecule has 0 radical (unpaired) electrons. The van der Waals surface area contributed by atoms with Gasteiger partial charge < -0.3 is 4.74 Å². The first-order valence-corrected chi connectivity index (χ1v) is 7.47. The predicted octanol–water partition coefficient (Wildman–Crippen LogP) is 4.71. The van der Waals surface area contributed by atoms with Gasteiger partial charge >= 0.3 is 0 Å². The van der Waals surface area contributed by atoms with Crippen LogP contribution in [0.1, 0.15) is 17.3 Å². The number of carbonyl (C=O) groups excluding carboxylic acids is 1. The van der Waals surface area contributed by atoms with Crippen molar-refractivity contribution in [3.05, 3.63) is 59.1 Å². The van der Waals surface area contributed by atoms with Crippen LogP contribution in [0.2, 0.25) is 5.02 Å². The maximum absolute atomic E-state index is 12.4. The Kier molecular flexibility index (Phi) is 5.10. The van der Waals surface area contributed by atoms with Crippen molar-refractivity contribution in [1.82, 2.24) is 0 Å². The SMILES string of the molecule is COc1ccccc1SC(C)C(=O)c1cccc(Cl)c1. The first kappa shape index (κ1) is 14.9. The zero-order valence-electron chi connectivity index (χ0n) is 11.3. The highest BCUT2D eigenvalue weighted by Crippen LogP contribution is 2.33. The molecule has 2 aromatic carbocycles. The van der Waals surface area contributed by atoms with E-state index in [2.05, 4.69) is 0 Å². The zero-order chi connectivity index (χ0) is 14.5. The number of hydrogen-bond acceptors (Lipinski definition) is 3. The minimum absolute atomic E-state index is 0.0587. The maximum Gasteiger partial charge on any atom is 0.175 e. The number of rotatable bonds is 5. The standard InChI is InChI=1S/C16H15ClO2S/c1-11(16(18)12-6-5-7-13(17)10-12)20-15-9-4-3-8-14(15)19-2/h3-11H,1-2H3. The van der Waals surface area contributed by atoms with E-state index in [1.807, 2.05) is 31.2 Å². The number of methoxy groups -OCH3 is 1. The topological polar surface area (TPSA) is 26.3 Å². The third-order valence-corrected chi connectivity index (χ3v) is 4.25. The first-order valence-electron chi connectivity index (χ1n) is 6.21. The van der Waals surface area contributed by atoms with Crippen molar-refractivity contribution in [2.75, 3.05) is 7.11 Å². The fourth-order valence-electron chi connectivity index (χ4n) is 1.84. The van der Waals surface area contributed by atoms with Crippen LogP contribution in [0.25, 0.3) is 0 Å². The fraction of sp³-hybridized carbons (Fsp3) is 0.188. The van der Waals surface area contributed by atoms with Gasteiger partial charge in [-0.3, -0.25) is 4.79 Å². The van der Waals surface area contributed by atoms with Crippen molar-refractivity contribution < 1.29 is 9.53 Å². The molecule has 2 aromatic rings. The van der Waals surface area contributed by atoms with Gasteiger partial charge in [-0.2, -0.15) is 0 Å². The molecule has 0 spiro atoms. The van der Waals surface area contributed by atoms with Gasteiger partial charge in [-0.15, -0.1) is 11.8 Å². The largest absolute Gasteiger partial charge is 0.496 e. The van der Waals surface area contributed by atoms with Crippen LogP contribution in [-0.2, 0) is 0 Å². The van der Waals surface area contributed by atoms with Gasteiger partial charge in [0.2, 0.25) is 0 Å². The van der Waals surface area contributed by atoms with E-state index in [-0.39, 0.29) is 11.0 Å². The lowest BCUT2D eigenvalue weighted by atomic mass is 10.1. The van der Waals surface area contributed by atoms with Gasteiger partial charge in [0.05, 0.1) is 17.3 Å². The molecule has 1 unspecified atom stereocenters. The number of halogens is 1. The van der Waals surface area contributed by atoms with Crippen LogP contribution in [0.4, 0.5) is 0 Å². The van der Waals surface area contributed by atoms with Crippen LogP contribution >= 0.6 is 23.4 Å². The van der Waals surface area contributed by atoms with E-state index in [1.165, 1.54) is 11.8 Å². The molecular formula is C16H15ClO2S. The second kappa shape index (κ2) is 6.82. The summed E-state index contributed by atoms with van der Waals surface area (Å²) in [7, 11) is 1.63. The summed E-state index contributed by atoms with van der Waals surface area (Å²) in [4.78, 5) is 13.3. The Hall–Kier alpha value is -1.45. The quantitative estimate of drug-likeness (QED) is 0.591. The van der Waals surface area contributed by atoms with E-state index in [1.54, 1.807) is 31.4 Å². The molecular weight excluding hydrogens is 292 g/mol. The maximum atomic E-state index is 12.4. The molecule has 2 rings (SSSR count). The van der Waals surface area contributed by atoms with Crippen molar-refractivity contribution in [1.29, 1.82) is 0 Å². The molecule has 104 valence electrons. The molecule has 0 aliphatic rings. The van der Waals surface area contributed by atoms with E-state index in [0.29, 0.717) is 10.6 Å². The molecule has 0 heterocycles. The summed E-state index contributed by atoms with van der Waals surface area (Å²) >= 11 is 7.41. The van der Waals surface area contributed by atoms with Crippen molar-refractivity contribution in [2.45, 2.75) is 17.1 Å². The van der Waals surface area contributed by atoms with E-state index >= 15 is 0 Å². The molecule has 0 aliphatic heterocycles. The van der Waals surface area contributed by atoms with Gasteiger partial charge in [0.15, 0.2) is 5.78 Å². The van der Waals surface area contributed by atoms with Crippen molar-refractivity contribution in [3.63, 3.8) is 0 Å². The second-order valence-corrected chi connectivity index (χ2v) is 6.10. The molecule has 20 heavy (non-hydrogen) atoms.